The van der Waals surface area contributed by atoms with E-state index >= 15 is 0 Å². The number of nitrogens with two attached hydrogens (primary N) is 1. The van der Waals surface area contributed by atoms with Crippen molar-refractivity contribution in [2.75, 3.05) is 24.6 Å². The van der Waals surface area contributed by atoms with E-state index in [1.807, 2.05) is 24.4 Å². The molecule has 1 aromatic carbocycles. The fourth-order valence-electron chi connectivity index (χ4n) is 3.81. The number of anilines is 1. The number of benzene rings is 1. The third-order valence-electron chi connectivity index (χ3n) is 5.52. The van der Waals surface area contributed by atoms with Crippen molar-refractivity contribution < 1.29 is 14.6 Å². The van der Waals surface area contributed by atoms with Crippen molar-refractivity contribution in [1.82, 2.24) is 20.3 Å². The highest BCUT2D eigenvalue weighted by Gasteiger charge is 2.35. The maximum absolute atomic E-state index is 12.6. The highest BCUT2D eigenvalue weighted by atomic mass is 35.5. The number of H-pyrrole nitrogens is 1. The van der Waals surface area contributed by atoms with Crippen LogP contribution in [0.3, 0.4) is 0 Å². The van der Waals surface area contributed by atoms with E-state index in [9.17, 15) is 9.90 Å². The molecule has 0 spiro atoms. The smallest absolute Gasteiger partial charge is 0.409 e. The van der Waals surface area contributed by atoms with Gasteiger partial charge in [-0.25, -0.2) is 14.8 Å². The predicted molar refractivity (Wildman–Crippen MR) is 118 cm³/mol. The summed E-state index contributed by atoms with van der Waals surface area (Å²) in [5.74, 6) is 0.837. The molecule has 1 aliphatic heterocycles. The molecule has 164 valence electrons. The maximum Gasteiger partial charge on any atom is 0.409 e. The van der Waals surface area contributed by atoms with Crippen LogP contribution in [0.2, 0.25) is 5.02 Å². The number of hydrogen-bond donors (Lipinski definition) is 4. The van der Waals surface area contributed by atoms with Gasteiger partial charge in [-0.3, -0.25) is 5.73 Å². The Morgan fingerprint density at radius 3 is 2.74 bits per heavy atom. The van der Waals surface area contributed by atoms with E-state index < -0.39 is 17.9 Å². The Kier molecular flexibility index (Phi) is 6.26. The molecule has 0 saturated carbocycles. The summed E-state index contributed by atoms with van der Waals surface area (Å²) in [5.41, 5.74) is 6.92. The Labute approximate surface area is 184 Å². The fourth-order valence-corrected chi connectivity index (χ4v) is 3.94. The van der Waals surface area contributed by atoms with Crippen LogP contribution in [0.5, 0.6) is 0 Å². The Morgan fingerprint density at radius 1 is 1.29 bits per heavy atom. The number of halogens is 1. The Balaban J connectivity index is 1.37. The molecule has 1 aliphatic rings. The summed E-state index contributed by atoms with van der Waals surface area (Å²) >= 11 is 5.94. The van der Waals surface area contributed by atoms with E-state index in [4.69, 9.17) is 22.1 Å². The Morgan fingerprint density at radius 2 is 2.03 bits per heavy atom. The fraction of sp³-hybridized carbons (Fsp3) is 0.381. The first-order valence-corrected chi connectivity index (χ1v) is 10.5. The van der Waals surface area contributed by atoms with Gasteiger partial charge < -0.3 is 25.0 Å². The normalized spacial score (nSPS) is 16.8. The number of piperidine rings is 1. The number of nitrogens with one attached hydrogen (secondary N) is 2. The number of alkyl carbamates (subject to hydrolysis) is 1. The van der Waals surface area contributed by atoms with Gasteiger partial charge in [-0.05, 0) is 30.2 Å². The second kappa shape index (κ2) is 9.09. The molecule has 1 amide bonds. The molecule has 0 bridgehead atoms. The van der Waals surface area contributed by atoms with Crippen LogP contribution in [0.4, 0.5) is 10.6 Å². The third kappa shape index (κ3) is 4.90. The zero-order chi connectivity index (χ0) is 21.8. The van der Waals surface area contributed by atoms with E-state index in [1.54, 1.807) is 12.1 Å². The van der Waals surface area contributed by atoms with Crippen LogP contribution in [0.1, 0.15) is 30.9 Å². The first-order valence-electron chi connectivity index (χ1n) is 10.2. The number of carbonyl (C=O) groups excluding carboxylic acids is 1. The first-order chi connectivity index (χ1) is 15.0. The summed E-state index contributed by atoms with van der Waals surface area (Å²) in [7, 11) is 0. The second-order valence-corrected chi connectivity index (χ2v) is 8.08. The van der Waals surface area contributed by atoms with Crippen LogP contribution < -0.4 is 16.0 Å². The number of aliphatic hydroxyl groups is 1. The van der Waals surface area contributed by atoms with Crippen molar-refractivity contribution >= 4 is 34.5 Å². The third-order valence-corrected chi connectivity index (χ3v) is 5.77. The van der Waals surface area contributed by atoms with E-state index in [0.717, 1.165) is 22.4 Å². The molecule has 0 radical (unpaired) electrons. The molecule has 1 saturated heterocycles. The molecule has 0 unspecified atom stereocenters. The van der Waals surface area contributed by atoms with Gasteiger partial charge in [0.2, 0.25) is 0 Å². The van der Waals surface area contributed by atoms with Gasteiger partial charge in [0, 0.05) is 43.8 Å². The van der Waals surface area contributed by atoms with Gasteiger partial charge in [0.05, 0.1) is 11.4 Å². The van der Waals surface area contributed by atoms with Crippen molar-refractivity contribution in [3.05, 3.63) is 53.4 Å². The van der Waals surface area contributed by atoms with Gasteiger partial charge in [0.15, 0.2) is 5.72 Å². The number of aliphatic hydroxyl groups excluding tert-OH is 1. The second-order valence-electron chi connectivity index (χ2n) is 7.64. The quantitative estimate of drug-likeness (QED) is 0.430. The molecule has 3 heterocycles. The van der Waals surface area contributed by atoms with Crippen LogP contribution in [0.15, 0.2) is 42.9 Å². The van der Waals surface area contributed by atoms with E-state index in [0.29, 0.717) is 37.4 Å². The summed E-state index contributed by atoms with van der Waals surface area (Å²) in [6.07, 6.45) is 4.02. The number of fused-ring (bicyclic) bond motifs is 1. The Bertz CT molecular complexity index is 1030. The largest absolute Gasteiger partial charge is 0.428 e. The molecular weight excluding hydrogens is 420 g/mol. The lowest BCUT2D eigenvalue weighted by molar-refractivity contribution is -0.00432. The number of nitrogens with zero attached hydrogens (tertiary/aromatic N) is 3. The lowest BCUT2D eigenvalue weighted by Crippen LogP contribution is -2.54. The number of hydrogen-bond acceptors (Lipinski definition) is 7. The molecule has 1 fully saturated rings. The zero-order valence-electron chi connectivity index (χ0n) is 16.9. The predicted octanol–water partition coefficient (Wildman–Crippen LogP) is 2.72. The lowest BCUT2D eigenvalue weighted by atomic mass is 10.0. The minimum Gasteiger partial charge on any atom is -0.428 e. The number of amides is 1. The van der Waals surface area contributed by atoms with Crippen LogP contribution in [-0.4, -0.2) is 51.6 Å². The Hall–Kier alpha value is -2.88. The van der Waals surface area contributed by atoms with E-state index in [1.165, 1.54) is 6.33 Å². The van der Waals surface area contributed by atoms with Gasteiger partial charge in [-0.1, -0.05) is 23.7 Å². The highest BCUT2D eigenvalue weighted by molar-refractivity contribution is 6.30. The molecule has 5 N–H and O–H groups in total. The summed E-state index contributed by atoms with van der Waals surface area (Å²) in [6.45, 7) is 1.11. The van der Waals surface area contributed by atoms with Crippen molar-refractivity contribution in [1.29, 1.82) is 0 Å². The van der Waals surface area contributed by atoms with Crippen LogP contribution >= 0.6 is 11.6 Å². The number of rotatable bonds is 6. The van der Waals surface area contributed by atoms with Gasteiger partial charge in [0.1, 0.15) is 17.8 Å². The average molecular weight is 445 g/mol. The lowest BCUT2D eigenvalue weighted by Gasteiger charge is -2.39. The summed E-state index contributed by atoms with van der Waals surface area (Å²) in [6, 6.07) is 8.64. The minimum absolute atomic E-state index is 0.0805. The van der Waals surface area contributed by atoms with Crippen LogP contribution in [0.25, 0.3) is 11.0 Å². The van der Waals surface area contributed by atoms with Crippen molar-refractivity contribution in [3.8, 4) is 0 Å². The molecule has 1 atom stereocenters. The van der Waals surface area contributed by atoms with Crippen LogP contribution in [-0.2, 0) is 4.74 Å². The number of ether oxygens (including phenoxy) is 1. The minimum atomic E-state index is -1.07. The molecule has 4 rings (SSSR count). The van der Waals surface area contributed by atoms with Crippen molar-refractivity contribution in [2.24, 2.45) is 5.73 Å². The van der Waals surface area contributed by atoms with Gasteiger partial charge in [-0.15, -0.1) is 0 Å². The van der Waals surface area contributed by atoms with E-state index in [2.05, 4.69) is 25.2 Å². The monoisotopic (exact) mass is 444 g/mol. The van der Waals surface area contributed by atoms with Gasteiger partial charge in [-0.2, -0.15) is 0 Å². The molecular formula is C21H25ClN6O3. The van der Waals surface area contributed by atoms with E-state index in [-0.39, 0.29) is 6.61 Å². The molecule has 10 heteroatoms. The number of aromatic nitrogens is 3. The van der Waals surface area contributed by atoms with Crippen molar-refractivity contribution in [2.45, 2.75) is 31.0 Å². The van der Waals surface area contributed by atoms with Gasteiger partial charge >= 0.3 is 6.09 Å². The first kappa shape index (κ1) is 21.4. The maximum atomic E-state index is 12.6. The number of aromatic amines is 1. The molecule has 0 aliphatic carbocycles. The SMILES string of the molecule is NC1(OC(=O)N[C@@H](CCO)c2ccc(Cl)cc2)CCN(c2ncnc3[nH]ccc23)CC1. The summed E-state index contributed by atoms with van der Waals surface area (Å²) in [4.78, 5) is 26.4. The standard InChI is InChI=1S/C21H25ClN6O3/c22-15-3-1-14(2-4-15)17(6-12-29)27-20(30)31-21(23)7-10-28(11-8-21)19-16-5-9-24-18(16)25-13-26-19/h1-5,9,13,17,29H,6-8,10-12,23H2,(H,27,30)(H,24,25,26)/t17-/m0/s1. The topological polar surface area (TPSA) is 129 Å². The number of carbonyl (C=O) groups is 1. The van der Waals surface area contributed by atoms with Crippen molar-refractivity contribution in [3.63, 3.8) is 0 Å². The highest BCUT2D eigenvalue weighted by Crippen LogP contribution is 2.29. The summed E-state index contributed by atoms with van der Waals surface area (Å²) in [5, 5.41) is 13.7. The molecule has 31 heavy (non-hydrogen) atoms. The average Bonchev–Trinajstić information content (AvgIpc) is 3.23. The summed E-state index contributed by atoms with van der Waals surface area (Å²) < 4.78 is 5.61. The molecule has 9 nitrogen and oxygen atoms in total. The molecule has 3 aromatic rings. The zero-order valence-corrected chi connectivity index (χ0v) is 17.7. The van der Waals surface area contributed by atoms with Crippen LogP contribution in [0, 0.1) is 0 Å². The molecule has 2 aromatic heterocycles. The van der Waals surface area contributed by atoms with Gasteiger partial charge in [0.25, 0.3) is 0 Å².